The molecule has 1 unspecified atom stereocenters. The molecule has 0 radical (unpaired) electrons. The van der Waals surface area contributed by atoms with Gasteiger partial charge in [0.2, 0.25) is 0 Å². The summed E-state index contributed by atoms with van der Waals surface area (Å²) in [6.45, 7) is 4.01. The van der Waals surface area contributed by atoms with Crippen LogP contribution in [0.1, 0.15) is 149 Å². The van der Waals surface area contributed by atoms with Crippen LogP contribution in [0.5, 0.6) is 0 Å². The molecular weight excluding hydrogens is 693 g/mol. The zero-order valence-corrected chi connectivity index (χ0v) is 35.0. The van der Waals surface area contributed by atoms with Gasteiger partial charge in [-0.15, -0.1) is 0 Å². The highest BCUT2D eigenvalue weighted by Gasteiger charge is 2.21. The number of nitrogens with zero attached hydrogens (tertiary/aromatic N) is 1. The Kier molecular flexibility index (Phi) is 33.1. The number of hydrogen-bond acceptors (Lipinski definition) is 9. The minimum atomic E-state index is -4.65. The Balaban J connectivity index is 4.58. The Bertz CT molecular complexity index is 1070. The lowest BCUT2D eigenvalue weighted by Gasteiger charge is -2.28. The quantitative estimate of drug-likeness (QED) is 0.0165. The highest BCUT2D eigenvalue weighted by atomic mass is 31.2. The second-order valence-electron chi connectivity index (χ2n) is 14.9. The van der Waals surface area contributed by atoms with E-state index < -0.39 is 38.6 Å². The van der Waals surface area contributed by atoms with Crippen LogP contribution >= 0.6 is 7.82 Å². The average Bonchev–Trinajstić information content (AvgIpc) is 3.10. The highest BCUT2D eigenvalue weighted by Crippen LogP contribution is 2.38. The van der Waals surface area contributed by atoms with Crippen molar-refractivity contribution >= 4 is 19.8 Å². The SMILES string of the molecule is CCCCC/C=C\C[C@H](O)/C=C/C=C\C/C=C\CCCC(=O)O[C@H](COC(=O)CCCCCCCCCCCCC)COP(=O)([O-])OCC[N+](C)(C)C. The van der Waals surface area contributed by atoms with Gasteiger partial charge in [0.1, 0.15) is 19.8 Å². The van der Waals surface area contributed by atoms with Gasteiger partial charge in [0.25, 0.3) is 7.82 Å². The summed E-state index contributed by atoms with van der Waals surface area (Å²) in [5.41, 5.74) is 0. The van der Waals surface area contributed by atoms with E-state index in [0.717, 1.165) is 32.1 Å². The van der Waals surface area contributed by atoms with Gasteiger partial charge < -0.3 is 33.0 Å². The summed E-state index contributed by atoms with van der Waals surface area (Å²) in [5, 5.41) is 10.0. The first kappa shape index (κ1) is 50.9. The lowest BCUT2D eigenvalue weighted by Crippen LogP contribution is -2.37. The average molecular weight is 770 g/mol. The van der Waals surface area contributed by atoms with Crippen LogP contribution in [0.4, 0.5) is 0 Å². The third kappa shape index (κ3) is 38.0. The Labute approximate surface area is 323 Å². The van der Waals surface area contributed by atoms with E-state index in [1.807, 2.05) is 57.6 Å². The van der Waals surface area contributed by atoms with Gasteiger partial charge in [-0.1, -0.05) is 140 Å². The number of carbonyl (C=O) groups excluding carboxylic acids is 2. The molecular formula is C42H76NO9P. The van der Waals surface area contributed by atoms with Crippen molar-refractivity contribution in [2.45, 2.75) is 161 Å². The fraction of sp³-hybridized carbons (Fsp3) is 0.762. The topological polar surface area (TPSA) is 131 Å². The number of aliphatic hydroxyl groups excluding tert-OH is 1. The van der Waals surface area contributed by atoms with Crippen LogP contribution in [0.2, 0.25) is 0 Å². The van der Waals surface area contributed by atoms with Crippen LogP contribution in [0.15, 0.2) is 48.6 Å². The van der Waals surface area contributed by atoms with E-state index in [1.165, 1.54) is 64.2 Å². The van der Waals surface area contributed by atoms with Crippen LogP contribution in [0.3, 0.4) is 0 Å². The second kappa shape index (κ2) is 34.4. The molecule has 0 saturated heterocycles. The molecule has 0 aliphatic heterocycles. The molecule has 10 nitrogen and oxygen atoms in total. The van der Waals surface area contributed by atoms with Crippen molar-refractivity contribution in [3.63, 3.8) is 0 Å². The van der Waals surface area contributed by atoms with E-state index in [4.69, 9.17) is 18.5 Å². The smallest absolute Gasteiger partial charge is 0.306 e. The number of phosphoric ester groups is 1. The van der Waals surface area contributed by atoms with E-state index in [9.17, 15) is 24.2 Å². The lowest BCUT2D eigenvalue weighted by molar-refractivity contribution is -0.870. The molecule has 0 aromatic rings. The molecule has 0 spiro atoms. The summed E-state index contributed by atoms with van der Waals surface area (Å²) < 4.78 is 33.7. The first-order chi connectivity index (χ1) is 25.4. The Morgan fingerprint density at radius 3 is 1.94 bits per heavy atom. The molecule has 0 amide bonds. The van der Waals surface area contributed by atoms with Crippen LogP contribution in [-0.4, -0.2) is 81.2 Å². The van der Waals surface area contributed by atoms with Crippen molar-refractivity contribution in [3.05, 3.63) is 48.6 Å². The minimum absolute atomic E-state index is 0.0526. The molecule has 0 aliphatic rings. The summed E-state index contributed by atoms with van der Waals surface area (Å²) in [4.78, 5) is 37.4. The zero-order chi connectivity index (χ0) is 39.5. The van der Waals surface area contributed by atoms with Gasteiger partial charge >= 0.3 is 11.9 Å². The minimum Gasteiger partial charge on any atom is -0.756 e. The van der Waals surface area contributed by atoms with Crippen molar-refractivity contribution in [2.75, 3.05) is 47.5 Å². The third-order valence-corrected chi connectivity index (χ3v) is 9.40. The summed E-state index contributed by atoms with van der Waals surface area (Å²) in [5.74, 6) is -0.942. The number of hydrogen-bond donors (Lipinski definition) is 1. The molecule has 308 valence electrons. The molecule has 53 heavy (non-hydrogen) atoms. The van der Waals surface area contributed by atoms with Gasteiger partial charge in [-0.3, -0.25) is 14.2 Å². The molecule has 0 heterocycles. The molecule has 3 atom stereocenters. The van der Waals surface area contributed by atoms with Gasteiger partial charge in [0.15, 0.2) is 6.10 Å². The number of ether oxygens (including phenoxy) is 2. The summed E-state index contributed by atoms with van der Waals surface area (Å²) >= 11 is 0. The van der Waals surface area contributed by atoms with E-state index >= 15 is 0 Å². The van der Waals surface area contributed by atoms with Crippen LogP contribution < -0.4 is 4.89 Å². The fourth-order valence-corrected chi connectivity index (χ4v) is 5.87. The summed E-state index contributed by atoms with van der Waals surface area (Å²) in [6, 6.07) is 0. The third-order valence-electron chi connectivity index (χ3n) is 8.43. The molecule has 0 bridgehead atoms. The number of esters is 2. The number of allylic oxidation sites excluding steroid dienone is 6. The van der Waals surface area contributed by atoms with Gasteiger partial charge in [0, 0.05) is 12.8 Å². The van der Waals surface area contributed by atoms with Crippen molar-refractivity contribution in [3.8, 4) is 0 Å². The van der Waals surface area contributed by atoms with E-state index in [0.29, 0.717) is 36.7 Å². The summed E-state index contributed by atoms with van der Waals surface area (Å²) in [7, 11) is 1.09. The molecule has 0 fully saturated rings. The molecule has 0 rings (SSSR count). The van der Waals surface area contributed by atoms with E-state index in [-0.39, 0.29) is 26.1 Å². The van der Waals surface area contributed by atoms with Crippen LogP contribution in [-0.2, 0) is 32.7 Å². The maximum atomic E-state index is 12.6. The Hall–Kier alpha value is -2.07. The normalized spacial score (nSPS) is 14.8. The highest BCUT2D eigenvalue weighted by molar-refractivity contribution is 7.45. The maximum Gasteiger partial charge on any atom is 0.306 e. The van der Waals surface area contributed by atoms with E-state index in [2.05, 4.69) is 19.9 Å². The zero-order valence-electron chi connectivity index (χ0n) is 34.1. The largest absolute Gasteiger partial charge is 0.756 e. The van der Waals surface area contributed by atoms with Crippen molar-refractivity contribution in [1.82, 2.24) is 0 Å². The van der Waals surface area contributed by atoms with Crippen LogP contribution in [0.25, 0.3) is 0 Å². The van der Waals surface area contributed by atoms with Gasteiger partial charge in [-0.05, 0) is 44.9 Å². The number of likely N-dealkylation sites (N-methyl/N-ethyl adjacent to an activating group) is 1. The second-order valence-corrected chi connectivity index (χ2v) is 16.3. The maximum absolute atomic E-state index is 12.6. The van der Waals surface area contributed by atoms with Crippen molar-refractivity contribution < 1.29 is 47.2 Å². The van der Waals surface area contributed by atoms with Gasteiger partial charge in [-0.2, -0.15) is 0 Å². The Morgan fingerprint density at radius 1 is 0.698 bits per heavy atom. The number of phosphoric acid groups is 1. The number of unbranched alkanes of at least 4 members (excludes halogenated alkanes) is 14. The standard InChI is InChI=1S/C42H76NO9P/c1-6-8-10-12-14-15-16-17-21-25-29-33-41(45)49-37-40(38-51-53(47,48)50-36-35-43(3,4)5)52-42(46)34-30-26-22-19-18-20-24-28-32-39(44)31-27-23-13-11-9-7-2/h19-20,22-24,27-28,32,39-40,44H,6-18,21,25-26,29-31,33-38H2,1-5H3/b22-19-,24-20-,27-23-,32-28+/t39-,40+/m0/s1. The Morgan fingerprint density at radius 2 is 1.28 bits per heavy atom. The summed E-state index contributed by atoms with van der Waals surface area (Å²) in [6.07, 6.45) is 34.6. The monoisotopic (exact) mass is 770 g/mol. The molecule has 0 aliphatic carbocycles. The lowest BCUT2D eigenvalue weighted by atomic mass is 10.1. The molecule has 0 aromatic heterocycles. The molecule has 1 N–H and O–H groups in total. The van der Waals surface area contributed by atoms with Gasteiger partial charge in [-0.25, -0.2) is 0 Å². The number of quaternary nitrogens is 1. The van der Waals surface area contributed by atoms with Gasteiger partial charge in [0.05, 0.1) is 33.9 Å². The van der Waals surface area contributed by atoms with Crippen LogP contribution in [0, 0.1) is 0 Å². The molecule has 0 saturated carbocycles. The fourth-order valence-electron chi connectivity index (χ4n) is 5.14. The number of aliphatic hydroxyl groups is 1. The predicted molar refractivity (Wildman–Crippen MR) is 214 cm³/mol. The van der Waals surface area contributed by atoms with Crippen molar-refractivity contribution in [2.24, 2.45) is 0 Å². The van der Waals surface area contributed by atoms with Crippen molar-refractivity contribution in [1.29, 1.82) is 0 Å². The number of rotatable bonds is 36. The predicted octanol–water partition coefficient (Wildman–Crippen LogP) is 9.47. The van der Waals surface area contributed by atoms with E-state index in [1.54, 1.807) is 6.08 Å². The number of carbonyl (C=O) groups is 2. The molecule has 11 heteroatoms. The molecule has 0 aromatic carbocycles. The first-order valence-electron chi connectivity index (χ1n) is 20.5. The first-order valence-corrected chi connectivity index (χ1v) is 21.9.